The van der Waals surface area contributed by atoms with Crippen LogP contribution < -0.4 is 0 Å². The van der Waals surface area contributed by atoms with Gasteiger partial charge in [-0.3, -0.25) is 0 Å². The highest BCUT2D eigenvalue weighted by molar-refractivity contribution is 9.10. The summed E-state index contributed by atoms with van der Waals surface area (Å²) >= 11 is 5.28. The van der Waals surface area contributed by atoms with Crippen LogP contribution in [0.25, 0.3) is 0 Å². The summed E-state index contributed by atoms with van der Waals surface area (Å²) in [6.07, 6.45) is 0. The van der Waals surface area contributed by atoms with Crippen molar-refractivity contribution in [1.29, 1.82) is 0 Å². The second-order valence-electron chi connectivity index (χ2n) is 3.98. The maximum absolute atomic E-state index is 9.23. The maximum atomic E-state index is 9.23. The van der Waals surface area contributed by atoms with Crippen molar-refractivity contribution in [3.63, 3.8) is 0 Å². The molecule has 0 aliphatic heterocycles. The second-order valence-corrected chi connectivity index (χ2v) is 6.31. The molecule has 0 aromatic heterocycles. The van der Waals surface area contributed by atoms with Gasteiger partial charge in [-0.15, -0.1) is 11.8 Å². The molecule has 0 fully saturated rings. The zero-order valence-corrected chi connectivity index (χ0v) is 11.7. The van der Waals surface area contributed by atoms with E-state index in [1.807, 2.05) is 23.9 Å². The number of hydrogen-bond acceptors (Lipinski definition) is 2. The van der Waals surface area contributed by atoms with Crippen LogP contribution in [-0.2, 0) is 6.61 Å². The molecule has 1 N–H and O–H groups in total. The Morgan fingerprint density at radius 1 is 1.33 bits per heavy atom. The van der Waals surface area contributed by atoms with E-state index < -0.39 is 0 Å². The fourth-order valence-electron chi connectivity index (χ4n) is 1.11. The summed E-state index contributed by atoms with van der Waals surface area (Å²) in [4.78, 5) is 1.17. The molecule has 84 valence electrons. The molecule has 3 heteroatoms. The van der Waals surface area contributed by atoms with Crippen molar-refractivity contribution in [2.75, 3.05) is 0 Å². The lowest BCUT2D eigenvalue weighted by Crippen LogP contribution is -2.06. The fraction of sp³-hybridized carbons (Fsp3) is 0.500. The third-order valence-electron chi connectivity index (χ3n) is 2.45. The Balaban J connectivity index is 2.87. The monoisotopic (exact) mass is 288 g/mol. The van der Waals surface area contributed by atoms with E-state index in [4.69, 9.17) is 0 Å². The van der Waals surface area contributed by atoms with E-state index >= 15 is 0 Å². The number of aliphatic hydroxyl groups excluding tert-OH is 1. The zero-order chi connectivity index (χ0) is 11.4. The average Bonchev–Trinajstić information content (AvgIpc) is 2.18. The van der Waals surface area contributed by atoms with Crippen LogP contribution in [0.2, 0.25) is 0 Å². The predicted molar refractivity (Wildman–Crippen MR) is 70.2 cm³/mol. The average molecular weight is 289 g/mol. The lowest BCUT2D eigenvalue weighted by Gasteiger charge is -2.17. The molecule has 0 amide bonds. The smallest absolute Gasteiger partial charge is 0.0692 e. The van der Waals surface area contributed by atoms with Crippen molar-refractivity contribution in [2.24, 2.45) is 5.92 Å². The molecular formula is C12H17BrOS. The van der Waals surface area contributed by atoms with Crippen LogP contribution in [-0.4, -0.2) is 10.4 Å². The molecule has 1 atom stereocenters. The molecule has 0 heterocycles. The molecule has 0 bridgehead atoms. The lowest BCUT2D eigenvalue weighted by molar-refractivity contribution is 0.279. The number of thioether (sulfide) groups is 1. The molecule has 1 aromatic carbocycles. The Morgan fingerprint density at radius 2 is 2.00 bits per heavy atom. The van der Waals surface area contributed by atoms with Crippen molar-refractivity contribution in [1.82, 2.24) is 0 Å². The molecule has 1 unspecified atom stereocenters. The van der Waals surface area contributed by atoms with Gasteiger partial charge in [-0.05, 0) is 23.6 Å². The van der Waals surface area contributed by atoms with Crippen LogP contribution in [0, 0.1) is 5.92 Å². The summed E-state index contributed by atoms with van der Waals surface area (Å²) in [5.41, 5.74) is 1.01. The minimum absolute atomic E-state index is 0.112. The van der Waals surface area contributed by atoms with E-state index in [1.165, 1.54) is 4.90 Å². The van der Waals surface area contributed by atoms with Gasteiger partial charge in [-0.25, -0.2) is 0 Å². The van der Waals surface area contributed by atoms with E-state index in [1.54, 1.807) is 0 Å². The third-order valence-corrected chi connectivity index (χ3v) is 4.49. The highest BCUT2D eigenvalue weighted by atomic mass is 79.9. The number of aliphatic hydroxyl groups is 1. The topological polar surface area (TPSA) is 20.2 Å². The second kappa shape index (κ2) is 5.92. The summed E-state index contributed by atoms with van der Waals surface area (Å²) in [5.74, 6) is 0.639. The van der Waals surface area contributed by atoms with E-state index in [0.717, 1.165) is 10.0 Å². The van der Waals surface area contributed by atoms with Crippen LogP contribution >= 0.6 is 27.7 Å². The first kappa shape index (κ1) is 13.1. The Labute approximate surface area is 104 Å². The Hall–Kier alpha value is 0.01000. The maximum Gasteiger partial charge on any atom is 0.0692 e. The first-order chi connectivity index (χ1) is 7.04. The van der Waals surface area contributed by atoms with Gasteiger partial charge < -0.3 is 5.11 Å². The van der Waals surface area contributed by atoms with Gasteiger partial charge in [0.2, 0.25) is 0 Å². The minimum atomic E-state index is 0.112. The fourth-order valence-corrected chi connectivity index (χ4v) is 2.77. The van der Waals surface area contributed by atoms with E-state index in [9.17, 15) is 5.11 Å². The Kier molecular flexibility index (Phi) is 5.16. The summed E-state index contributed by atoms with van der Waals surface area (Å²) in [6, 6.07) is 6.02. The quantitative estimate of drug-likeness (QED) is 0.843. The van der Waals surface area contributed by atoms with Crippen LogP contribution in [0.1, 0.15) is 26.3 Å². The summed E-state index contributed by atoms with van der Waals surface area (Å²) in [7, 11) is 0. The number of rotatable bonds is 4. The van der Waals surface area contributed by atoms with Crippen LogP contribution in [0.5, 0.6) is 0 Å². The Bertz CT molecular complexity index is 325. The Morgan fingerprint density at radius 3 is 2.53 bits per heavy atom. The van der Waals surface area contributed by atoms with Crippen LogP contribution in [0.15, 0.2) is 27.6 Å². The highest BCUT2D eigenvalue weighted by Gasteiger charge is 2.11. The SMILES string of the molecule is CC(C)C(C)Sc1cc(Br)ccc1CO. The zero-order valence-electron chi connectivity index (χ0n) is 9.33. The molecule has 0 radical (unpaired) electrons. The van der Waals surface area contributed by atoms with Gasteiger partial charge >= 0.3 is 0 Å². The standard InChI is InChI=1S/C12H17BrOS/c1-8(2)9(3)15-12-6-11(13)5-4-10(12)7-14/h4-6,8-9,14H,7H2,1-3H3. The first-order valence-electron chi connectivity index (χ1n) is 5.10. The van der Waals surface area contributed by atoms with E-state index in [2.05, 4.69) is 42.8 Å². The summed E-state index contributed by atoms with van der Waals surface area (Å²) < 4.78 is 1.07. The molecule has 0 saturated carbocycles. The number of halogens is 1. The van der Waals surface area contributed by atoms with Gasteiger partial charge in [0.05, 0.1) is 6.61 Å². The first-order valence-corrected chi connectivity index (χ1v) is 6.77. The summed E-state index contributed by atoms with van der Waals surface area (Å²) in [5, 5.41) is 9.79. The van der Waals surface area contributed by atoms with Crippen molar-refractivity contribution in [3.05, 3.63) is 28.2 Å². The molecule has 1 aromatic rings. The van der Waals surface area contributed by atoms with E-state index in [-0.39, 0.29) is 6.61 Å². The molecule has 0 spiro atoms. The van der Waals surface area contributed by atoms with Gasteiger partial charge in [0.25, 0.3) is 0 Å². The molecule has 1 rings (SSSR count). The molecular weight excluding hydrogens is 272 g/mol. The molecule has 15 heavy (non-hydrogen) atoms. The molecule has 1 nitrogen and oxygen atoms in total. The molecule has 0 saturated heterocycles. The van der Waals surface area contributed by atoms with Crippen molar-refractivity contribution in [3.8, 4) is 0 Å². The predicted octanol–water partition coefficient (Wildman–Crippen LogP) is 4.08. The third kappa shape index (κ3) is 3.82. The normalized spacial score (nSPS) is 13.2. The van der Waals surface area contributed by atoms with Gasteiger partial charge in [-0.1, -0.05) is 42.8 Å². The van der Waals surface area contributed by atoms with Gasteiger partial charge in [0.15, 0.2) is 0 Å². The molecule has 0 aliphatic carbocycles. The van der Waals surface area contributed by atoms with Crippen LogP contribution in [0.4, 0.5) is 0 Å². The van der Waals surface area contributed by atoms with Gasteiger partial charge in [-0.2, -0.15) is 0 Å². The number of hydrogen-bond donors (Lipinski definition) is 1. The van der Waals surface area contributed by atoms with Gasteiger partial charge in [0, 0.05) is 14.6 Å². The van der Waals surface area contributed by atoms with Crippen molar-refractivity contribution >= 4 is 27.7 Å². The van der Waals surface area contributed by atoms with E-state index in [0.29, 0.717) is 11.2 Å². The van der Waals surface area contributed by atoms with Gasteiger partial charge in [0.1, 0.15) is 0 Å². The largest absolute Gasteiger partial charge is 0.392 e. The van der Waals surface area contributed by atoms with Crippen molar-refractivity contribution in [2.45, 2.75) is 37.5 Å². The lowest BCUT2D eigenvalue weighted by atomic mass is 10.2. The van der Waals surface area contributed by atoms with Crippen LogP contribution in [0.3, 0.4) is 0 Å². The molecule has 0 aliphatic rings. The number of benzene rings is 1. The summed E-state index contributed by atoms with van der Waals surface area (Å²) in [6.45, 7) is 6.76. The highest BCUT2D eigenvalue weighted by Crippen LogP contribution is 2.32. The minimum Gasteiger partial charge on any atom is -0.392 e. The van der Waals surface area contributed by atoms with Crippen molar-refractivity contribution < 1.29 is 5.11 Å².